The first kappa shape index (κ1) is 16.6. The molecule has 0 saturated carbocycles. The number of amides is 1. The number of rotatable bonds is 4. The largest absolute Gasteiger partial charge is 0.435 e. The molecular weight excluding hydrogens is 338 g/mol. The number of aryl methyl sites for hydroxylation is 2. The lowest BCUT2D eigenvalue weighted by molar-refractivity contribution is -0.0498. The normalized spacial score (nSPS) is 13.7. The molecule has 2 aromatic carbocycles. The zero-order chi connectivity index (χ0) is 18.1. The molecule has 0 unspecified atom stereocenters. The Morgan fingerprint density at radius 1 is 1.08 bits per heavy atom. The molecule has 0 atom stereocenters. The molecule has 3 aromatic rings. The van der Waals surface area contributed by atoms with Gasteiger partial charge in [-0.1, -0.05) is 0 Å². The minimum Gasteiger partial charge on any atom is -0.435 e. The van der Waals surface area contributed by atoms with Gasteiger partial charge in [0, 0.05) is 27.8 Å². The number of H-pyrrole nitrogens is 1. The molecule has 1 aliphatic rings. The van der Waals surface area contributed by atoms with Crippen molar-refractivity contribution >= 4 is 22.5 Å². The maximum atomic E-state index is 12.5. The predicted octanol–water partition coefficient (Wildman–Crippen LogP) is 4.90. The Morgan fingerprint density at radius 2 is 1.85 bits per heavy atom. The monoisotopic (exact) mass is 356 g/mol. The van der Waals surface area contributed by atoms with E-state index in [1.807, 2.05) is 12.1 Å². The number of alkyl halides is 2. The van der Waals surface area contributed by atoms with E-state index in [0.29, 0.717) is 11.3 Å². The van der Waals surface area contributed by atoms with Crippen LogP contribution in [0.2, 0.25) is 0 Å². The van der Waals surface area contributed by atoms with Crippen LogP contribution in [0, 0.1) is 0 Å². The molecule has 0 fully saturated rings. The Kier molecular flexibility index (Phi) is 4.32. The molecular formula is C20H18F2N2O2. The first-order valence-corrected chi connectivity index (χ1v) is 8.60. The molecule has 4 rings (SSSR count). The average Bonchev–Trinajstić information content (AvgIpc) is 3.01. The number of carbonyl (C=O) groups excluding carboxylic acids is 1. The maximum absolute atomic E-state index is 12.5. The van der Waals surface area contributed by atoms with Crippen LogP contribution in [-0.2, 0) is 12.8 Å². The van der Waals surface area contributed by atoms with Crippen LogP contribution in [0.5, 0.6) is 5.75 Å². The van der Waals surface area contributed by atoms with Gasteiger partial charge >= 0.3 is 6.61 Å². The van der Waals surface area contributed by atoms with E-state index in [1.54, 1.807) is 6.07 Å². The van der Waals surface area contributed by atoms with Crippen molar-refractivity contribution in [2.24, 2.45) is 0 Å². The quantitative estimate of drug-likeness (QED) is 0.698. The van der Waals surface area contributed by atoms with E-state index >= 15 is 0 Å². The second-order valence-electron chi connectivity index (χ2n) is 6.41. The molecule has 0 radical (unpaired) electrons. The van der Waals surface area contributed by atoms with Crippen LogP contribution < -0.4 is 10.1 Å². The Labute approximate surface area is 149 Å². The molecule has 26 heavy (non-hydrogen) atoms. The maximum Gasteiger partial charge on any atom is 0.387 e. The summed E-state index contributed by atoms with van der Waals surface area (Å²) in [5.41, 5.74) is 4.74. The van der Waals surface area contributed by atoms with Crippen molar-refractivity contribution in [1.82, 2.24) is 4.98 Å². The fourth-order valence-corrected chi connectivity index (χ4v) is 3.47. The standard InChI is InChI=1S/C20H18F2N2O2/c21-20(22)26-14-8-6-13(7-9-14)23-19(25)12-5-10-18-16(11-12)15-3-1-2-4-17(15)24-18/h5-11,20,24H,1-4H2,(H,23,25). The second kappa shape index (κ2) is 6.78. The van der Waals surface area contributed by atoms with Crippen molar-refractivity contribution in [1.29, 1.82) is 0 Å². The summed E-state index contributed by atoms with van der Waals surface area (Å²) in [4.78, 5) is 16.0. The van der Waals surface area contributed by atoms with Gasteiger partial charge in [-0.2, -0.15) is 8.78 Å². The lowest BCUT2D eigenvalue weighted by atomic mass is 9.95. The molecule has 1 heterocycles. The SMILES string of the molecule is O=C(Nc1ccc(OC(F)F)cc1)c1ccc2[nH]c3c(c2c1)CCCC3. The van der Waals surface area contributed by atoms with Crippen LogP contribution in [0.25, 0.3) is 10.9 Å². The predicted molar refractivity (Wildman–Crippen MR) is 96.0 cm³/mol. The molecule has 134 valence electrons. The van der Waals surface area contributed by atoms with Gasteiger partial charge in [-0.25, -0.2) is 0 Å². The summed E-state index contributed by atoms with van der Waals surface area (Å²) in [6, 6.07) is 11.5. The van der Waals surface area contributed by atoms with Gasteiger partial charge in [0.15, 0.2) is 0 Å². The third-order valence-electron chi connectivity index (χ3n) is 4.70. The summed E-state index contributed by atoms with van der Waals surface area (Å²) < 4.78 is 28.7. The number of carbonyl (C=O) groups is 1. The number of benzene rings is 2. The van der Waals surface area contributed by atoms with Crippen molar-refractivity contribution in [3.63, 3.8) is 0 Å². The molecule has 2 N–H and O–H groups in total. The van der Waals surface area contributed by atoms with E-state index in [1.165, 1.54) is 48.4 Å². The highest BCUT2D eigenvalue weighted by molar-refractivity contribution is 6.06. The number of hydrogen-bond donors (Lipinski definition) is 2. The number of anilines is 1. The van der Waals surface area contributed by atoms with Gasteiger partial charge in [0.05, 0.1) is 0 Å². The summed E-state index contributed by atoms with van der Waals surface area (Å²) >= 11 is 0. The van der Waals surface area contributed by atoms with Crippen LogP contribution in [-0.4, -0.2) is 17.5 Å². The van der Waals surface area contributed by atoms with Crippen LogP contribution in [0.1, 0.15) is 34.5 Å². The molecule has 0 spiro atoms. The topological polar surface area (TPSA) is 54.1 Å². The van der Waals surface area contributed by atoms with E-state index < -0.39 is 6.61 Å². The third-order valence-corrected chi connectivity index (χ3v) is 4.70. The minimum absolute atomic E-state index is 0.0540. The smallest absolute Gasteiger partial charge is 0.387 e. The van der Waals surface area contributed by atoms with E-state index in [9.17, 15) is 13.6 Å². The molecule has 0 bridgehead atoms. The molecule has 1 aliphatic carbocycles. The van der Waals surface area contributed by atoms with Gasteiger partial charge in [0.2, 0.25) is 0 Å². The zero-order valence-electron chi connectivity index (χ0n) is 14.0. The number of aromatic amines is 1. The minimum atomic E-state index is -2.87. The number of aromatic nitrogens is 1. The first-order valence-electron chi connectivity index (χ1n) is 8.60. The summed E-state index contributed by atoms with van der Waals surface area (Å²) in [6.45, 7) is -2.87. The second-order valence-corrected chi connectivity index (χ2v) is 6.41. The molecule has 6 heteroatoms. The van der Waals surface area contributed by atoms with Crippen LogP contribution in [0.15, 0.2) is 42.5 Å². The van der Waals surface area contributed by atoms with Crippen molar-refractivity contribution < 1.29 is 18.3 Å². The van der Waals surface area contributed by atoms with Crippen LogP contribution >= 0.6 is 0 Å². The third kappa shape index (κ3) is 3.27. The van der Waals surface area contributed by atoms with Gasteiger partial charge in [-0.15, -0.1) is 0 Å². The molecule has 1 amide bonds. The van der Waals surface area contributed by atoms with Crippen molar-refractivity contribution in [2.75, 3.05) is 5.32 Å². The average molecular weight is 356 g/mol. The lowest BCUT2D eigenvalue weighted by Crippen LogP contribution is -2.11. The highest BCUT2D eigenvalue weighted by atomic mass is 19.3. The Morgan fingerprint density at radius 3 is 2.62 bits per heavy atom. The fraction of sp³-hybridized carbons (Fsp3) is 0.250. The summed E-state index contributed by atoms with van der Waals surface area (Å²) in [5, 5.41) is 3.89. The number of ether oxygens (including phenoxy) is 1. The highest BCUT2D eigenvalue weighted by Crippen LogP contribution is 2.30. The number of nitrogens with one attached hydrogen (secondary N) is 2. The molecule has 0 aliphatic heterocycles. The fourth-order valence-electron chi connectivity index (χ4n) is 3.47. The zero-order valence-corrected chi connectivity index (χ0v) is 14.0. The van der Waals surface area contributed by atoms with Crippen molar-refractivity contribution in [2.45, 2.75) is 32.3 Å². The van der Waals surface area contributed by atoms with Crippen molar-refractivity contribution in [3.8, 4) is 5.75 Å². The van der Waals surface area contributed by atoms with E-state index in [2.05, 4.69) is 15.0 Å². The first-order chi connectivity index (χ1) is 12.6. The Bertz CT molecular complexity index is 948. The van der Waals surface area contributed by atoms with Crippen molar-refractivity contribution in [3.05, 3.63) is 59.3 Å². The number of hydrogen-bond acceptors (Lipinski definition) is 2. The Balaban J connectivity index is 1.54. The summed E-state index contributed by atoms with van der Waals surface area (Å²) in [7, 11) is 0. The molecule has 4 nitrogen and oxygen atoms in total. The van der Waals surface area contributed by atoms with Gasteiger partial charge in [-0.05, 0) is 73.7 Å². The van der Waals surface area contributed by atoms with E-state index in [-0.39, 0.29) is 11.7 Å². The number of halogens is 2. The summed E-state index contributed by atoms with van der Waals surface area (Å²) in [6.07, 6.45) is 4.45. The molecule has 0 saturated heterocycles. The highest BCUT2D eigenvalue weighted by Gasteiger charge is 2.17. The number of fused-ring (bicyclic) bond motifs is 3. The van der Waals surface area contributed by atoms with E-state index in [0.717, 1.165) is 23.7 Å². The van der Waals surface area contributed by atoms with Gasteiger partial charge in [0.1, 0.15) is 5.75 Å². The van der Waals surface area contributed by atoms with Crippen LogP contribution in [0.4, 0.5) is 14.5 Å². The molecule has 1 aromatic heterocycles. The van der Waals surface area contributed by atoms with Crippen LogP contribution in [0.3, 0.4) is 0 Å². The van der Waals surface area contributed by atoms with Gasteiger partial charge < -0.3 is 15.0 Å². The van der Waals surface area contributed by atoms with E-state index in [4.69, 9.17) is 0 Å². The lowest BCUT2D eigenvalue weighted by Gasteiger charge is -2.11. The Hall–Kier alpha value is -2.89. The van der Waals surface area contributed by atoms with Gasteiger partial charge in [-0.3, -0.25) is 4.79 Å². The van der Waals surface area contributed by atoms with Gasteiger partial charge in [0.25, 0.3) is 5.91 Å². The summed E-state index contributed by atoms with van der Waals surface area (Å²) in [5.74, 6) is -0.182.